The van der Waals surface area contributed by atoms with Gasteiger partial charge in [-0.25, -0.2) is 4.98 Å². The van der Waals surface area contributed by atoms with Gasteiger partial charge in [-0.2, -0.15) is 5.10 Å². The van der Waals surface area contributed by atoms with Crippen LogP contribution in [-0.2, 0) is 0 Å². The van der Waals surface area contributed by atoms with Crippen molar-refractivity contribution in [3.63, 3.8) is 0 Å². The largest absolute Gasteiger partial charge is 0.382 e. The van der Waals surface area contributed by atoms with E-state index < -0.39 is 0 Å². The smallest absolute Gasteiger partial charge is 0.273 e. The van der Waals surface area contributed by atoms with Crippen molar-refractivity contribution in [3.8, 4) is 0 Å². The van der Waals surface area contributed by atoms with Crippen molar-refractivity contribution in [2.75, 3.05) is 11.1 Å². The Morgan fingerprint density at radius 2 is 2.31 bits per heavy atom. The molecule has 0 saturated carbocycles. The van der Waals surface area contributed by atoms with Crippen molar-refractivity contribution >= 4 is 29.0 Å². The number of hydrogen-bond donors (Lipinski definition) is 3. The molecule has 0 bridgehead atoms. The topological polar surface area (TPSA) is 96.7 Å². The van der Waals surface area contributed by atoms with Crippen molar-refractivity contribution in [3.05, 3.63) is 35.2 Å². The Kier molecular flexibility index (Phi) is 2.74. The van der Waals surface area contributed by atoms with E-state index in [2.05, 4.69) is 20.5 Å². The fourth-order valence-electron chi connectivity index (χ4n) is 1.13. The molecule has 1 amide bonds. The number of carbonyl (C=O) groups excluding carboxylic acids is 1. The van der Waals surface area contributed by atoms with Crippen LogP contribution >= 0.6 is 11.6 Å². The second-order valence-corrected chi connectivity index (χ2v) is 3.42. The first kappa shape index (κ1) is 10.4. The fraction of sp³-hybridized carbons (Fsp3) is 0. The van der Waals surface area contributed by atoms with E-state index in [0.29, 0.717) is 10.8 Å². The highest BCUT2D eigenvalue weighted by molar-refractivity contribution is 6.29. The quantitative estimate of drug-likeness (QED) is 0.686. The molecule has 0 aliphatic heterocycles. The number of nitrogens with zero attached hydrogens (tertiary/aromatic N) is 2. The van der Waals surface area contributed by atoms with Gasteiger partial charge < -0.3 is 11.1 Å². The van der Waals surface area contributed by atoms with E-state index in [1.165, 1.54) is 12.3 Å². The van der Waals surface area contributed by atoms with E-state index in [4.69, 9.17) is 17.3 Å². The number of nitrogens with two attached hydrogens (primary N) is 1. The SMILES string of the molecule is Nc1cc(C(=O)Nc2ccnc(Cl)c2)[nH]n1. The van der Waals surface area contributed by atoms with Crippen LogP contribution in [-0.4, -0.2) is 21.1 Å². The molecule has 7 heteroatoms. The summed E-state index contributed by atoms with van der Waals surface area (Å²) >= 11 is 5.68. The molecule has 0 aliphatic rings. The molecule has 2 aromatic heterocycles. The van der Waals surface area contributed by atoms with E-state index in [9.17, 15) is 4.79 Å². The van der Waals surface area contributed by atoms with Gasteiger partial charge in [-0.05, 0) is 12.1 Å². The maximum Gasteiger partial charge on any atom is 0.273 e. The van der Waals surface area contributed by atoms with Gasteiger partial charge in [-0.1, -0.05) is 11.6 Å². The van der Waals surface area contributed by atoms with Crippen molar-refractivity contribution in [2.45, 2.75) is 0 Å². The van der Waals surface area contributed by atoms with E-state index in [-0.39, 0.29) is 17.4 Å². The molecule has 4 N–H and O–H groups in total. The van der Waals surface area contributed by atoms with Crippen molar-refractivity contribution in [1.82, 2.24) is 15.2 Å². The van der Waals surface area contributed by atoms with Crippen LogP contribution in [0.15, 0.2) is 24.4 Å². The summed E-state index contributed by atoms with van der Waals surface area (Å²) in [4.78, 5) is 15.4. The summed E-state index contributed by atoms with van der Waals surface area (Å²) in [7, 11) is 0. The maximum absolute atomic E-state index is 11.6. The lowest BCUT2D eigenvalue weighted by Gasteiger charge is -2.02. The van der Waals surface area contributed by atoms with Crippen molar-refractivity contribution in [1.29, 1.82) is 0 Å². The third-order valence-electron chi connectivity index (χ3n) is 1.83. The minimum atomic E-state index is -0.341. The molecule has 0 radical (unpaired) electrons. The second-order valence-electron chi connectivity index (χ2n) is 3.03. The summed E-state index contributed by atoms with van der Waals surface area (Å²) in [6, 6.07) is 4.61. The van der Waals surface area contributed by atoms with Gasteiger partial charge in [0, 0.05) is 18.0 Å². The number of aromatic nitrogens is 3. The summed E-state index contributed by atoms with van der Waals surface area (Å²) in [5, 5.41) is 9.08. The van der Waals surface area contributed by atoms with Crippen LogP contribution < -0.4 is 11.1 Å². The van der Waals surface area contributed by atoms with Gasteiger partial charge in [0.1, 0.15) is 16.7 Å². The Morgan fingerprint density at radius 3 is 2.94 bits per heavy atom. The zero-order valence-corrected chi connectivity index (χ0v) is 8.82. The molecule has 6 nitrogen and oxygen atoms in total. The fourth-order valence-corrected chi connectivity index (χ4v) is 1.31. The summed E-state index contributed by atoms with van der Waals surface area (Å²) in [5.74, 6) is -0.0793. The summed E-state index contributed by atoms with van der Waals surface area (Å²) in [5.41, 5.74) is 6.22. The zero-order valence-electron chi connectivity index (χ0n) is 8.07. The highest BCUT2D eigenvalue weighted by Crippen LogP contribution is 2.13. The van der Waals surface area contributed by atoms with Gasteiger partial charge >= 0.3 is 0 Å². The molecule has 16 heavy (non-hydrogen) atoms. The average Bonchev–Trinajstić information content (AvgIpc) is 2.65. The minimum absolute atomic E-state index is 0.262. The number of halogens is 1. The van der Waals surface area contributed by atoms with Gasteiger partial charge in [0.25, 0.3) is 5.91 Å². The lowest BCUT2D eigenvalue weighted by atomic mass is 10.3. The van der Waals surface area contributed by atoms with Crippen LogP contribution in [0, 0.1) is 0 Å². The molecule has 0 fully saturated rings. The first-order valence-electron chi connectivity index (χ1n) is 4.39. The normalized spacial score (nSPS) is 10.1. The molecule has 0 unspecified atom stereocenters. The number of pyridine rings is 1. The lowest BCUT2D eigenvalue weighted by Crippen LogP contribution is -2.12. The van der Waals surface area contributed by atoms with Crippen LogP contribution in [0.5, 0.6) is 0 Å². The van der Waals surface area contributed by atoms with Crippen LogP contribution in [0.1, 0.15) is 10.5 Å². The molecule has 0 aliphatic carbocycles. The first-order valence-corrected chi connectivity index (χ1v) is 4.77. The first-order chi connectivity index (χ1) is 7.65. The number of hydrogen-bond acceptors (Lipinski definition) is 4. The second kappa shape index (κ2) is 4.19. The minimum Gasteiger partial charge on any atom is -0.382 e. The molecule has 0 saturated heterocycles. The third kappa shape index (κ3) is 2.29. The van der Waals surface area contributed by atoms with E-state index >= 15 is 0 Å². The van der Waals surface area contributed by atoms with Gasteiger partial charge in [-0.15, -0.1) is 0 Å². The highest BCUT2D eigenvalue weighted by Gasteiger charge is 2.08. The Morgan fingerprint density at radius 1 is 1.50 bits per heavy atom. The van der Waals surface area contributed by atoms with Gasteiger partial charge in [0.2, 0.25) is 0 Å². The number of aromatic amines is 1. The summed E-state index contributed by atoms with van der Waals surface area (Å²) in [6.07, 6.45) is 1.50. The predicted octanol–water partition coefficient (Wildman–Crippen LogP) is 1.29. The van der Waals surface area contributed by atoms with Gasteiger partial charge in [0.15, 0.2) is 0 Å². The Bertz CT molecular complexity index is 524. The van der Waals surface area contributed by atoms with Crippen molar-refractivity contribution < 1.29 is 4.79 Å². The van der Waals surface area contributed by atoms with Crippen LogP contribution in [0.2, 0.25) is 5.15 Å². The number of rotatable bonds is 2. The third-order valence-corrected chi connectivity index (χ3v) is 2.03. The van der Waals surface area contributed by atoms with E-state index in [1.54, 1.807) is 12.1 Å². The molecule has 2 aromatic rings. The van der Waals surface area contributed by atoms with Crippen LogP contribution in [0.4, 0.5) is 11.5 Å². The molecule has 0 spiro atoms. The molecule has 0 aromatic carbocycles. The van der Waals surface area contributed by atoms with E-state index in [0.717, 1.165) is 0 Å². The Labute approximate surface area is 95.8 Å². The summed E-state index contributed by atoms with van der Waals surface area (Å²) in [6.45, 7) is 0. The van der Waals surface area contributed by atoms with Crippen LogP contribution in [0.25, 0.3) is 0 Å². The summed E-state index contributed by atoms with van der Waals surface area (Å²) < 4.78 is 0. The number of anilines is 2. The molecule has 0 atom stereocenters. The Hall–Kier alpha value is -2.08. The predicted molar refractivity (Wildman–Crippen MR) is 60.2 cm³/mol. The number of carbonyl (C=O) groups is 1. The lowest BCUT2D eigenvalue weighted by molar-refractivity contribution is 0.102. The number of amides is 1. The molecular weight excluding hydrogens is 230 g/mol. The number of nitrogen functional groups attached to an aromatic ring is 1. The van der Waals surface area contributed by atoms with E-state index in [1.807, 2.05) is 0 Å². The molecule has 2 heterocycles. The number of nitrogens with one attached hydrogen (secondary N) is 2. The zero-order chi connectivity index (χ0) is 11.5. The van der Waals surface area contributed by atoms with Crippen LogP contribution in [0.3, 0.4) is 0 Å². The molecule has 82 valence electrons. The average molecular weight is 238 g/mol. The molecular formula is C9H8ClN5O. The van der Waals surface area contributed by atoms with Crippen molar-refractivity contribution in [2.24, 2.45) is 0 Å². The standard InChI is InChI=1S/C9H8ClN5O/c10-7-3-5(1-2-12-7)13-9(16)6-4-8(11)15-14-6/h1-4H,(H3,11,14,15)(H,12,13,16). The maximum atomic E-state index is 11.6. The molecule has 2 rings (SSSR count). The highest BCUT2D eigenvalue weighted by atomic mass is 35.5. The number of H-pyrrole nitrogens is 1. The Balaban J connectivity index is 2.13. The van der Waals surface area contributed by atoms with Gasteiger partial charge in [0.05, 0.1) is 0 Å². The van der Waals surface area contributed by atoms with Gasteiger partial charge in [-0.3, -0.25) is 9.89 Å². The monoisotopic (exact) mass is 237 g/mol.